The van der Waals surface area contributed by atoms with E-state index in [0.717, 1.165) is 30.6 Å². The second-order valence-corrected chi connectivity index (χ2v) is 6.38. The van der Waals surface area contributed by atoms with Gasteiger partial charge in [-0.05, 0) is 36.4 Å². The third-order valence-corrected chi connectivity index (χ3v) is 4.53. The minimum Gasteiger partial charge on any atom is -0.496 e. The number of rotatable bonds is 7. The zero-order chi connectivity index (χ0) is 14.4. The van der Waals surface area contributed by atoms with Crippen LogP contribution in [0, 0.1) is 11.8 Å². The van der Waals surface area contributed by atoms with E-state index in [1.165, 1.54) is 31.2 Å². The minimum atomic E-state index is 0.566. The smallest absolute Gasteiger partial charge is 0.122 e. The second kappa shape index (κ2) is 7.68. The van der Waals surface area contributed by atoms with E-state index in [9.17, 15) is 0 Å². The van der Waals surface area contributed by atoms with Gasteiger partial charge in [0.1, 0.15) is 5.75 Å². The number of para-hydroxylation sites is 1. The van der Waals surface area contributed by atoms with Gasteiger partial charge in [-0.2, -0.15) is 0 Å². The SMILES string of the molecule is COc1ccccc1CC(CNC(C)C)C1CCCC1. The summed E-state index contributed by atoms with van der Waals surface area (Å²) in [6.07, 6.45) is 6.76. The van der Waals surface area contributed by atoms with Crippen molar-refractivity contribution in [3.05, 3.63) is 29.8 Å². The molecule has 1 aromatic carbocycles. The van der Waals surface area contributed by atoms with Crippen LogP contribution in [-0.2, 0) is 6.42 Å². The first-order valence-corrected chi connectivity index (χ1v) is 8.06. The first-order chi connectivity index (χ1) is 9.70. The van der Waals surface area contributed by atoms with Crippen LogP contribution < -0.4 is 10.1 Å². The standard InChI is InChI=1S/C18H29NO/c1-14(2)19-13-17(15-8-4-5-9-15)12-16-10-6-7-11-18(16)20-3/h6-7,10-11,14-15,17,19H,4-5,8-9,12-13H2,1-3H3. The fourth-order valence-electron chi connectivity index (χ4n) is 3.38. The van der Waals surface area contributed by atoms with Crippen molar-refractivity contribution in [2.24, 2.45) is 11.8 Å². The Morgan fingerprint density at radius 1 is 1.20 bits per heavy atom. The van der Waals surface area contributed by atoms with E-state index in [1.807, 2.05) is 0 Å². The zero-order valence-corrected chi connectivity index (χ0v) is 13.2. The van der Waals surface area contributed by atoms with E-state index in [2.05, 4.69) is 43.4 Å². The van der Waals surface area contributed by atoms with Crippen molar-refractivity contribution in [1.29, 1.82) is 0 Å². The summed E-state index contributed by atoms with van der Waals surface area (Å²) < 4.78 is 5.51. The van der Waals surface area contributed by atoms with Gasteiger partial charge < -0.3 is 10.1 Å². The average molecular weight is 275 g/mol. The molecule has 0 aliphatic heterocycles. The van der Waals surface area contributed by atoms with Gasteiger partial charge in [-0.1, -0.05) is 57.7 Å². The van der Waals surface area contributed by atoms with Crippen LogP contribution in [0.1, 0.15) is 45.1 Å². The lowest BCUT2D eigenvalue weighted by molar-refractivity contribution is 0.308. The van der Waals surface area contributed by atoms with E-state index in [0.29, 0.717) is 6.04 Å². The predicted molar refractivity (Wildman–Crippen MR) is 85.3 cm³/mol. The molecule has 0 saturated heterocycles. The average Bonchev–Trinajstić information content (AvgIpc) is 2.97. The Morgan fingerprint density at radius 3 is 2.55 bits per heavy atom. The van der Waals surface area contributed by atoms with Crippen LogP contribution in [0.3, 0.4) is 0 Å². The quantitative estimate of drug-likeness (QED) is 0.811. The molecule has 0 heterocycles. The molecule has 2 heteroatoms. The maximum atomic E-state index is 5.51. The first-order valence-electron chi connectivity index (χ1n) is 8.06. The molecule has 1 N–H and O–H groups in total. The highest BCUT2D eigenvalue weighted by atomic mass is 16.5. The van der Waals surface area contributed by atoms with E-state index < -0.39 is 0 Å². The maximum absolute atomic E-state index is 5.51. The number of nitrogens with one attached hydrogen (secondary N) is 1. The Morgan fingerprint density at radius 2 is 1.90 bits per heavy atom. The van der Waals surface area contributed by atoms with Crippen molar-refractivity contribution in [1.82, 2.24) is 5.32 Å². The Bertz CT molecular complexity index is 396. The van der Waals surface area contributed by atoms with Crippen LogP contribution in [-0.4, -0.2) is 19.7 Å². The molecule has 1 aromatic rings. The first kappa shape index (κ1) is 15.4. The molecule has 20 heavy (non-hydrogen) atoms. The molecule has 112 valence electrons. The Hall–Kier alpha value is -1.02. The van der Waals surface area contributed by atoms with Crippen LogP contribution in [0.4, 0.5) is 0 Å². The lowest BCUT2D eigenvalue weighted by atomic mass is 9.85. The molecular formula is C18H29NO. The van der Waals surface area contributed by atoms with Crippen molar-refractivity contribution in [2.75, 3.05) is 13.7 Å². The Kier molecular flexibility index (Phi) is 5.90. The molecule has 0 bridgehead atoms. The molecular weight excluding hydrogens is 246 g/mol. The summed E-state index contributed by atoms with van der Waals surface area (Å²) in [5.74, 6) is 2.66. The summed E-state index contributed by atoms with van der Waals surface area (Å²) >= 11 is 0. The fraction of sp³-hybridized carbons (Fsp3) is 0.667. The number of hydrogen-bond donors (Lipinski definition) is 1. The highest BCUT2D eigenvalue weighted by Crippen LogP contribution is 2.34. The molecule has 0 amide bonds. The van der Waals surface area contributed by atoms with Gasteiger partial charge in [-0.15, -0.1) is 0 Å². The van der Waals surface area contributed by atoms with Crippen molar-refractivity contribution < 1.29 is 4.74 Å². The van der Waals surface area contributed by atoms with Gasteiger partial charge in [0.2, 0.25) is 0 Å². The monoisotopic (exact) mass is 275 g/mol. The summed E-state index contributed by atoms with van der Waals surface area (Å²) in [6.45, 7) is 5.59. The third kappa shape index (κ3) is 4.24. The topological polar surface area (TPSA) is 21.3 Å². The molecule has 1 saturated carbocycles. The lowest BCUT2D eigenvalue weighted by Gasteiger charge is -2.26. The van der Waals surface area contributed by atoms with Crippen LogP contribution in [0.5, 0.6) is 5.75 Å². The highest BCUT2D eigenvalue weighted by molar-refractivity contribution is 5.33. The summed E-state index contributed by atoms with van der Waals surface area (Å²) in [7, 11) is 1.77. The van der Waals surface area contributed by atoms with Crippen LogP contribution >= 0.6 is 0 Å². The van der Waals surface area contributed by atoms with Crippen molar-refractivity contribution in [3.63, 3.8) is 0 Å². The van der Waals surface area contributed by atoms with E-state index in [1.54, 1.807) is 7.11 Å². The van der Waals surface area contributed by atoms with Gasteiger partial charge in [-0.25, -0.2) is 0 Å². The van der Waals surface area contributed by atoms with E-state index in [-0.39, 0.29) is 0 Å². The Labute approximate surface area is 123 Å². The van der Waals surface area contributed by atoms with Gasteiger partial charge in [0.25, 0.3) is 0 Å². The molecule has 0 radical (unpaired) electrons. The molecule has 0 spiro atoms. The Balaban J connectivity index is 2.05. The molecule has 1 unspecified atom stereocenters. The van der Waals surface area contributed by atoms with E-state index in [4.69, 9.17) is 4.74 Å². The maximum Gasteiger partial charge on any atom is 0.122 e. The van der Waals surface area contributed by atoms with Gasteiger partial charge >= 0.3 is 0 Å². The van der Waals surface area contributed by atoms with Crippen LogP contribution in [0.15, 0.2) is 24.3 Å². The van der Waals surface area contributed by atoms with Gasteiger partial charge in [0.05, 0.1) is 7.11 Å². The summed E-state index contributed by atoms with van der Waals surface area (Å²) in [5, 5.41) is 3.64. The molecule has 1 atom stereocenters. The molecule has 1 aliphatic carbocycles. The number of methoxy groups -OCH3 is 1. The number of ether oxygens (including phenoxy) is 1. The largest absolute Gasteiger partial charge is 0.496 e. The number of hydrogen-bond acceptors (Lipinski definition) is 2. The summed E-state index contributed by atoms with van der Waals surface area (Å²) in [6, 6.07) is 9.04. The highest BCUT2D eigenvalue weighted by Gasteiger charge is 2.25. The van der Waals surface area contributed by atoms with Crippen molar-refractivity contribution in [3.8, 4) is 5.75 Å². The van der Waals surface area contributed by atoms with Gasteiger partial charge in [-0.3, -0.25) is 0 Å². The summed E-state index contributed by atoms with van der Waals surface area (Å²) in [4.78, 5) is 0. The van der Waals surface area contributed by atoms with Crippen molar-refractivity contribution in [2.45, 2.75) is 52.0 Å². The molecule has 2 rings (SSSR count). The number of benzene rings is 1. The predicted octanol–water partition coefficient (Wildman–Crippen LogP) is 4.04. The third-order valence-electron chi connectivity index (χ3n) is 4.53. The van der Waals surface area contributed by atoms with Crippen molar-refractivity contribution >= 4 is 0 Å². The minimum absolute atomic E-state index is 0.566. The fourth-order valence-corrected chi connectivity index (χ4v) is 3.38. The normalized spacial score (nSPS) is 17.6. The second-order valence-electron chi connectivity index (χ2n) is 6.38. The van der Waals surface area contributed by atoms with Gasteiger partial charge in [0, 0.05) is 6.04 Å². The molecule has 1 fully saturated rings. The molecule has 1 aliphatic rings. The zero-order valence-electron chi connectivity index (χ0n) is 13.2. The summed E-state index contributed by atoms with van der Waals surface area (Å²) in [5.41, 5.74) is 1.36. The van der Waals surface area contributed by atoms with Crippen LogP contribution in [0.25, 0.3) is 0 Å². The van der Waals surface area contributed by atoms with Crippen LogP contribution in [0.2, 0.25) is 0 Å². The van der Waals surface area contributed by atoms with E-state index >= 15 is 0 Å². The van der Waals surface area contributed by atoms with Gasteiger partial charge in [0.15, 0.2) is 0 Å². The molecule has 0 aromatic heterocycles. The lowest BCUT2D eigenvalue weighted by Crippen LogP contribution is -2.33. The molecule has 2 nitrogen and oxygen atoms in total.